The Balaban J connectivity index is 1.78. The smallest absolute Gasteiger partial charge is 0.246 e. The Hall–Kier alpha value is -2.04. The van der Waals surface area contributed by atoms with Crippen molar-refractivity contribution >= 4 is 10.0 Å². The molecule has 10 heteroatoms. The summed E-state index contributed by atoms with van der Waals surface area (Å²) in [4.78, 5) is 4.11. The summed E-state index contributed by atoms with van der Waals surface area (Å²) in [5.41, 5.74) is 0. The van der Waals surface area contributed by atoms with Gasteiger partial charge in [-0.05, 0) is 13.0 Å². The molecule has 0 radical (unpaired) electrons. The average molecular weight is 354 g/mol. The molecule has 1 aliphatic rings. The third kappa shape index (κ3) is 3.40. The molecule has 0 aliphatic carbocycles. The van der Waals surface area contributed by atoms with Gasteiger partial charge in [-0.3, -0.25) is 0 Å². The number of morpholine rings is 1. The highest BCUT2D eigenvalue weighted by atomic mass is 32.2. The molecule has 3 rings (SSSR count). The minimum atomic E-state index is -3.68. The van der Waals surface area contributed by atoms with E-state index < -0.39 is 16.1 Å². The van der Waals surface area contributed by atoms with Crippen molar-refractivity contribution in [1.29, 1.82) is 0 Å². The van der Waals surface area contributed by atoms with Crippen molar-refractivity contribution in [2.45, 2.75) is 24.8 Å². The van der Waals surface area contributed by atoms with Crippen LogP contribution in [0.4, 0.5) is 0 Å². The van der Waals surface area contributed by atoms with Crippen LogP contribution in [0, 0.1) is 6.92 Å². The van der Waals surface area contributed by atoms with Crippen LogP contribution in [0.15, 0.2) is 27.6 Å². The molecular weight excluding hydrogens is 336 g/mol. The predicted molar refractivity (Wildman–Crippen MR) is 81.9 cm³/mol. The first-order valence-corrected chi connectivity index (χ1v) is 8.95. The van der Waals surface area contributed by atoms with Crippen LogP contribution < -0.4 is 4.74 Å². The van der Waals surface area contributed by atoms with Crippen molar-refractivity contribution < 1.29 is 22.3 Å². The van der Waals surface area contributed by atoms with Gasteiger partial charge in [-0.25, -0.2) is 13.4 Å². The second-order valence-corrected chi connectivity index (χ2v) is 7.08. The van der Waals surface area contributed by atoms with Crippen molar-refractivity contribution in [3.63, 3.8) is 0 Å². The molecule has 0 bridgehead atoms. The number of aryl methyl sites for hydroxylation is 1. The summed E-state index contributed by atoms with van der Waals surface area (Å²) in [6, 6.07) is 3.02. The van der Waals surface area contributed by atoms with Crippen LogP contribution in [-0.4, -0.2) is 54.2 Å². The molecular formula is C14H18N4O5S. The Morgan fingerprint density at radius 3 is 2.83 bits per heavy atom. The maximum absolute atomic E-state index is 12.8. The van der Waals surface area contributed by atoms with Crippen LogP contribution in [0.1, 0.15) is 24.8 Å². The van der Waals surface area contributed by atoms with E-state index in [1.807, 2.05) is 6.92 Å². The molecule has 3 heterocycles. The maximum atomic E-state index is 12.8. The standard InChI is InChI=1S/C14H18N4O5S/c1-3-21-13-5-4-11(8-15-13)24(19,20)18-6-7-22-12(9-18)14-17-16-10(2)23-14/h4-5,8,12H,3,6-7,9H2,1-2H3/t12-/m1/s1. The summed E-state index contributed by atoms with van der Waals surface area (Å²) in [5.74, 6) is 1.07. The van der Waals surface area contributed by atoms with Crippen molar-refractivity contribution in [1.82, 2.24) is 19.5 Å². The number of rotatable bonds is 5. The Morgan fingerprint density at radius 1 is 1.38 bits per heavy atom. The molecule has 130 valence electrons. The van der Waals surface area contributed by atoms with Crippen LogP contribution in [-0.2, 0) is 14.8 Å². The summed E-state index contributed by atoms with van der Waals surface area (Å²) in [6.45, 7) is 4.57. The van der Waals surface area contributed by atoms with E-state index in [0.717, 1.165) is 0 Å². The van der Waals surface area contributed by atoms with Gasteiger partial charge in [-0.2, -0.15) is 4.31 Å². The van der Waals surface area contributed by atoms with Gasteiger partial charge in [-0.1, -0.05) is 0 Å². The molecule has 1 aliphatic heterocycles. The first kappa shape index (κ1) is 16.8. The molecule has 24 heavy (non-hydrogen) atoms. The van der Waals surface area contributed by atoms with Crippen LogP contribution in [0.5, 0.6) is 5.88 Å². The molecule has 1 saturated heterocycles. The highest BCUT2D eigenvalue weighted by Gasteiger charge is 2.34. The summed E-state index contributed by atoms with van der Waals surface area (Å²) in [6.07, 6.45) is 0.715. The predicted octanol–water partition coefficient (Wildman–Crippen LogP) is 0.934. The van der Waals surface area contributed by atoms with Crippen LogP contribution in [0.2, 0.25) is 0 Å². The van der Waals surface area contributed by atoms with E-state index >= 15 is 0 Å². The fourth-order valence-electron chi connectivity index (χ4n) is 2.34. The highest BCUT2D eigenvalue weighted by molar-refractivity contribution is 7.89. The Labute approximate surface area is 139 Å². The topological polar surface area (TPSA) is 108 Å². The molecule has 0 unspecified atom stereocenters. The lowest BCUT2D eigenvalue weighted by molar-refractivity contribution is -0.0176. The lowest BCUT2D eigenvalue weighted by Crippen LogP contribution is -2.42. The van der Waals surface area contributed by atoms with Crippen molar-refractivity contribution in [2.75, 3.05) is 26.3 Å². The third-order valence-corrected chi connectivity index (χ3v) is 5.33. The van der Waals surface area contributed by atoms with Crippen molar-refractivity contribution in [2.24, 2.45) is 0 Å². The van der Waals surface area contributed by atoms with Gasteiger partial charge >= 0.3 is 0 Å². The zero-order valence-electron chi connectivity index (χ0n) is 13.4. The number of ether oxygens (including phenoxy) is 2. The van der Waals surface area contributed by atoms with Gasteiger partial charge in [0.05, 0.1) is 19.4 Å². The van der Waals surface area contributed by atoms with Gasteiger partial charge in [0.25, 0.3) is 0 Å². The molecule has 0 N–H and O–H groups in total. The first-order chi connectivity index (χ1) is 11.5. The number of hydrogen-bond donors (Lipinski definition) is 0. The van der Waals surface area contributed by atoms with E-state index in [1.165, 1.54) is 22.6 Å². The minimum Gasteiger partial charge on any atom is -0.478 e. The molecule has 0 aromatic carbocycles. The molecule has 0 spiro atoms. The first-order valence-electron chi connectivity index (χ1n) is 7.51. The van der Waals surface area contributed by atoms with Gasteiger partial charge in [0.1, 0.15) is 11.0 Å². The van der Waals surface area contributed by atoms with E-state index in [1.54, 1.807) is 6.92 Å². The number of aromatic nitrogens is 3. The van der Waals surface area contributed by atoms with Crippen LogP contribution in [0.25, 0.3) is 0 Å². The summed E-state index contributed by atoms with van der Waals surface area (Å²) >= 11 is 0. The molecule has 0 saturated carbocycles. The zero-order valence-corrected chi connectivity index (χ0v) is 14.2. The quantitative estimate of drug-likeness (QED) is 0.780. The average Bonchev–Trinajstić information content (AvgIpc) is 3.02. The third-order valence-electron chi connectivity index (χ3n) is 3.49. The molecule has 2 aromatic heterocycles. The summed E-state index contributed by atoms with van der Waals surface area (Å²) < 4.78 is 43.0. The van der Waals surface area contributed by atoms with E-state index in [2.05, 4.69) is 15.2 Å². The van der Waals surface area contributed by atoms with Crippen molar-refractivity contribution in [3.8, 4) is 5.88 Å². The highest BCUT2D eigenvalue weighted by Crippen LogP contribution is 2.26. The van der Waals surface area contributed by atoms with Crippen LogP contribution >= 0.6 is 0 Å². The Bertz CT molecular complexity index is 790. The number of sulfonamides is 1. The van der Waals surface area contributed by atoms with E-state index in [0.29, 0.717) is 18.4 Å². The molecule has 2 aromatic rings. The SMILES string of the molecule is CCOc1ccc(S(=O)(=O)N2CCO[C@@H](c3nnc(C)o3)C2)cn1. The molecule has 1 atom stereocenters. The second-order valence-electron chi connectivity index (χ2n) is 5.15. The lowest BCUT2D eigenvalue weighted by Gasteiger charge is -2.30. The number of nitrogens with zero attached hydrogens (tertiary/aromatic N) is 4. The minimum absolute atomic E-state index is 0.105. The van der Waals surface area contributed by atoms with Gasteiger partial charge in [0, 0.05) is 26.1 Å². The monoisotopic (exact) mass is 354 g/mol. The normalized spacial score (nSPS) is 19.3. The van der Waals surface area contributed by atoms with E-state index in [9.17, 15) is 8.42 Å². The lowest BCUT2D eigenvalue weighted by atomic mass is 10.3. The van der Waals surface area contributed by atoms with Gasteiger partial charge < -0.3 is 13.9 Å². The molecule has 1 fully saturated rings. The fraction of sp³-hybridized carbons (Fsp3) is 0.500. The van der Waals surface area contributed by atoms with Crippen molar-refractivity contribution in [3.05, 3.63) is 30.1 Å². The number of hydrogen-bond acceptors (Lipinski definition) is 8. The second kappa shape index (κ2) is 6.83. The number of pyridine rings is 1. The van der Waals surface area contributed by atoms with Crippen LogP contribution in [0.3, 0.4) is 0 Å². The van der Waals surface area contributed by atoms with Gasteiger partial charge in [0.15, 0.2) is 0 Å². The largest absolute Gasteiger partial charge is 0.478 e. The summed E-state index contributed by atoms with van der Waals surface area (Å²) in [7, 11) is -3.68. The van der Waals surface area contributed by atoms with E-state index in [-0.39, 0.29) is 30.5 Å². The van der Waals surface area contributed by atoms with Gasteiger partial charge in [-0.15, -0.1) is 10.2 Å². The zero-order chi connectivity index (χ0) is 17.2. The molecule has 0 amide bonds. The maximum Gasteiger partial charge on any atom is 0.246 e. The Kier molecular flexibility index (Phi) is 4.78. The fourth-order valence-corrected chi connectivity index (χ4v) is 3.71. The summed E-state index contributed by atoms with van der Waals surface area (Å²) in [5, 5.41) is 7.64. The molecule has 9 nitrogen and oxygen atoms in total. The van der Waals surface area contributed by atoms with E-state index in [4.69, 9.17) is 13.9 Å². The Morgan fingerprint density at radius 2 is 2.21 bits per heavy atom. The van der Waals surface area contributed by atoms with Gasteiger partial charge in [0.2, 0.25) is 27.7 Å².